The molecule has 2 heterocycles. The Balaban J connectivity index is 1.69. The van der Waals surface area contributed by atoms with E-state index in [9.17, 15) is 4.79 Å². The number of hydrogen-bond donors (Lipinski definition) is 1. The molecule has 1 unspecified atom stereocenters. The Morgan fingerprint density at radius 1 is 1.22 bits per heavy atom. The molecule has 0 saturated carbocycles. The van der Waals surface area contributed by atoms with Crippen LogP contribution in [0.4, 0.5) is 5.69 Å². The Bertz CT molecular complexity index is 776. The van der Waals surface area contributed by atoms with Crippen molar-refractivity contribution in [3.05, 3.63) is 65.1 Å². The molecule has 5 nitrogen and oxygen atoms in total. The number of nitrogens with zero attached hydrogens (tertiary/aromatic N) is 2. The fourth-order valence-corrected chi connectivity index (χ4v) is 2.76. The van der Waals surface area contributed by atoms with Gasteiger partial charge in [0.15, 0.2) is 0 Å². The molecule has 0 aliphatic rings. The lowest BCUT2D eigenvalue weighted by atomic mass is 10.0. The molecule has 1 N–H and O–H groups in total. The zero-order chi connectivity index (χ0) is 16.1. The van der Waals surface area contributed by atoms with E-state index >= 15 is 0 Å². The minimum atomic E-state index is -0.205. The summed E-state index contributed by atoms with van der Waals surface area (Å²) < 4.78 is 5.56. The number of anilines is 1. The maximum atomic E-state index is 12.3. The van der Waals surface area contributed by atoms with Crippen LogP contribution in [0.1, 0.15) is 18.4 Å². The average molecular weight is 325 g/mol. The van der Waals surface area contributed by atoms with Crippen molar-refractivity contribution in [1.82, 2.24) is 9.97 Å². The summed E-state index contributed by atoms with van der Waals surface area (Å²) in [7, 11) is 0. The summed E-state index contributed by atoms with van der Waals surface area (Å²) in [6.45, 7) is 1.88. The highest BCUT2D eigenvalue weighted by atomic mass is 32.1. The lowest BCUT2D eigenvalue weighted by molar-refractivity contribution is -0.117. The molecule has 23 heavy (non-hydrogen) atoms. The predicted octanol–water partition coefficient (Wildman–Crippen LogP) is 4.07. The van der Waals surface area contributed by atoms with Gasteiger partial charge in [0.05, 0.1) is 5.92 Å². The van der Waals surface area contributed by atoms with Crippen molar-refractivity contribution >= 4 is 22.9 Å². The fourth-order valence-electron chi connectivity index (χ4n) is 2.00. The molecule has 0 bridgehead atoms. The Morgan fingerprint density at radius 3 is 2.78 bits per heavy atom. The predicted molar refractivity (Wildman–Crippen MR) is 89.9 cm³/mol. The molecule has 0 radical (unpaired) electrons. The standard InChI is InChI=1S/C17H15N3O2S/c1-12(13-6-9-23-11-13)16(21)20-14-4-2-5-15(10-14)22-17-18-7-3-8-19-17/h2-12H,1H3,(H,20,21). The van der Waals surface area contributed by atoms with Crippen LogP contribution < -0.4 is 10.1 Å². The van der Waals surface area contributed by atoms with Gasteiger partial charge in [0, 0.05) is 24.1 Å². The number of rotatable bonds is 5. The lowest BCUT2D eigenvalue weighted by Gasteiger charge is -2.12. The minimum absolute atomic E-state index is 0.0588. The number of amides is 1. The van der Waals surface area contributed by atoms with E-state index in [4.69, 9.17) is 4.74 Å². The lowest BCUT2D eigenvalue weighted by Crippen LogP contribution is -2.18. The molecule has 0 fully saturated rings. The first-order valence-electron chi connectivity index (χ1n) is 7.10. The molecule has 1 amide bonds. The van der Waals surface area contributed by atoms with Gasteiger partial charge in [0.1, 0.15) is 5.75 Å². The van der Waals surface area contributed by atoms with Crippen LogP contribution >= 0.6 is 11.3 Å². The van der Waals surface area contributed by atoms with Gasteiger partial charge in [0.25, 0.3) is 0 Å². The Morgan fingerprint density at radius 2 is 2.04 bits per heavy atom. The van der Waals surface area contributed by atoms with Crippen molar-refractivity contribution < 1.29 is 9.53 Å². The summed E-state index contributed by atoms with van der Waals surface area (Å²) in [4.78, 5) is 20.3. The molecule has 3 rings (SSSR count). The van der Waals surface area contributed by atoms with Crippen LogP contribution in [0.2, 0.25) is 0 Å². The molecule has 0 aliphatic carbocycles. The van der Waals surface area contributed by atoms with Crippen LogP contribution in [-0.2, 0) is 4.79 Å². The first-order valence-corrected chi connectivity index (χ1v) is 8.04. The van der Waals surface area contributed by atoms with Crippen LogP contribution in [0.5, 0.6) is 11.8 Å². The highest BCUT2D eigenvalue weighted by Crippen LogP contribution is 2.24. The molecule has 1 atom stereocenters. The third kappa shape index (κ3) is 3.92. The molecule has 0 aliphatic heterocycles. The second kappa shape index (κ2) is 7.02. The van der Waals surface area contributed by atoms with Gasteiger partial charge in [-0.2, -0.15) is 11.3 Å². The van der Waals surface area contributed by atoms with E-state index < -0.39 is 0 Å². The van der Waals surface area contributed by atoms with Crippen molar-refractivity contribution in [2.75, 3.05) is 5.32 Å². The van der Waals surface area contributed by atoms with E-state index in [1.54, 1.807) is 41.9 Å². The van der Waals surface area contributed by atoms with Crippen molar-refractivity contribution in [3.8, 4) is 11.8 Å². The van der Waals surface area contributed by atoms with Gasteiger partial charge in [0.2, 0.25) is 5.91 Å². The second-order valence-electron chi connectivity index (χ2n) is 4.93. The number of ether oxygens (including phenoxy) is 1. The number of carbonyl (C=O) groups is 1. The van der Waals surface area contributed by atoms with E-state index in [-0.39, 0.29) is 17.8 Å². The van der Waals surface area contributed by atoms with Crippen LogP contribution in [0.15, 0.2) is 59.6 Å². The van der Waals surface area contributed by atoms with Gasteiger partial charge in [-0.1, -0.05) is 6.07 Å². The summed E-state index contributed by atoms with van der Waals surface area (Å²) in [6, 6.07) is 11.1. The molecule has 0 spiro atoms. The number of nitrogens with one attached hydrogen (secondary N) is 1. The van der Waals surface area contributed by atoms with Crippen LogP contribution in [0.3, 0.4) is 0 Å². The maximum Gasteiger partial charge on any atom is 0.321 e. The molecule has 2 aromatic heterocycles. The Labute approximate surface area is 138 Å². The Hall–Kier alpha value is -2.73. The minimum Gasteiger partial charge on any atom is -0.424 e. The summed E-state index contributed by atoms with van der Waals surface area (Å²) in [6.07, 6.45) is 3.22. The highest BCUT2D eigenvalue weighted by Gasteiger charge is 2.15. The molecule has 0 saturated heterocycles. The number of thiophene rings is 1. The zero-order valence-corrected chi connectivity index (χ0v) is 13.3. The molecule has 1 aromatic carbocycles. The average Bonchev–Trinajstić information content (AvgIpc) is 3.10. The van der Waals surface area contributed by atoms with Crippen LogP contribution in [-0.4, -0.2) is 15.9 Å². The van der Waals surface area contributed by atoms with Crippen molar-refractivity contribution in [1.29, 1.82) is 0 Å². The first kappa shape index (κ1) is 15.2. The van der Waals surface area contributed by atoms with E-state index in [0.29, 0.717) is 11.4 Å². The van der Waals surface area contributed by atoms with E-state index in [1.807, 2.05) is 35.9 Å². The van der Waals surface area contributed by atoms with Crippen LogP contribution in [0.25, 0.3) is 0 Å². The van der Waals surface area contributed by atoms with E-state index in [0.717, 1.165) is 5.56 Å². The monoisotopic (exact) mass is 325 g/mol. The van der Waals surface area contributed by atoms with Gasteiger partial charge < -0.3 is 10.1 Å². The van der Waals surface area contributed by atoms with Crippen LogP contribution in [0, 0.1) is 0 Å². The number of benzene rings is 1. The number of carbonyl (C=O) groups excluding carboxylic acids is 1. The quantitative estimate of drug-likeness (QED) is 0.768. The van der Waals surface area contributed by atoms with Crippen molar-refractivity contribution in [2.24, 2.45) is 0 Å². The second-order valence-corrected chi connectivity index (χ2v) is 5.71. The third-order valence-corrected chi connectivity index (χ3v) is 3.99. The smallest absolute Gasteiger partial charge is 0.321 e. The molecule has 6 heteroatoms. The first-order chi connectivity index (χ1) is 11.2. The van der Waals surface area contributed by atoms with Crippen molar-refractivity contribution in [3.63, 3.8) is 0 Å². The highest BCUT2D eigenvalue weighted by molar-refractivity contribution is 7.08. The molecular formula is C17H15N3O2S. The summed E-state index contributed by atoms with van der Waals surface area (Å²) >= 11 is 1.58. The normalized spacial score (nSPS) is 11.7. The summed E-state index contributed by atoms with van der Waals surface area (Å²) in [5.41, 5.74) is 1.68. The number of aromatic nitrogens is 2. The van der Waals surface area contributed by atoms with E-state index in [2.05, 4.69) is 15.3 Å². The molecule has 3 aromatic rings. The van der Waals surface area contributed by atoms with Gasteiger partial charge >= 0.3 is 6.01 Å². The molecular weight excluding hydrogens is 310 g/mol. The van der Waals surface area contributed by atoms with Gasteiger partial charge in [-0.05, 0) is 47.5 Å². The van der Waals surface area contributed by atoms with Gasteiger partial charge in [-0.25, -0.2) is 9.97 Å². The Kier molecular flexibility index (Phi) is 4.63. The van der Waals surface area contributed by atoms with Gasteiger partial charge in [-0.15, -0.1) is 0 Å². The topological polar surface area (TPSA) is 64.1 Å². The third-order valence-electron chi connectivity index (χ3n) is 3.29. The summed E-state index contributed by atoms with van der Waals surface area (Å²) in [5.74, 6) is 0.303. The van der Waals surface area contributed by atoms with Crippen molar-refractivity contribution in [2.45, 2.75) is 12.8 Å². The summed E-state index contributed by atoms with van der Waals surface area (Å²) in [5, 5.41) is 6.85. The zero-order valence-electron chi connectivity index (χ0n) is 12.5. The number of hydrogen-bond acceptors (Lipinski definition) is 5. The maximum absolute atomic E-state index is 12.3. The van der Waals surface area contributed by atoms with E-state index in [1.165, 1.54) is 0 Å². The molecule has 116 valence electrons. The SMILES string of the molecule is CC(C(=O)Nc1cccc(Oc2ncccn2)c1)c1ccsc1. The largest absolute Gasteiger partial charge is 0.424 e. The fraction of sp³-hybridized carbons (Fsp3) is 0.118. The van der Waals surface area contributed by atoms with Gasteiger partial charge in [-0.3, -0.25) is 4.79 Å².